The quantitative estimate of drug-likeness (QED) is 0.0621. The molecular weight excluding hydrogens is 589 g/mol. The molecule has 45 heavy (non-hydrogen) atoms. The van der Waals surface area contributed by atoms with Crippen molar-refractivity contribution in [2.45, 2.75) is 182 Å². The van der Waals surface area contributed by atoms with E-state index >= 15 is 0 Å². The maximum atomic E-state index is 11.1. The number of carboxylic acids is 2. The summed E-state index contributed by atoms with van der Waals surface area (Å²) in [5.74, 6) is -2.07. The van der Waals surface area contributed by atoms with E-state index in [1.165, 1.54) is 103 Å². The fraction of sp³-hybridized carbons (Fsp3) is 0.737. The number of unbranched alkanes of at least 4 members (excludes halogenated alkanes) is 16. The molecule has 256 valence electrons. The van der Waals surface area contributed by atoms with Gasteiger partial charge in [-0.1, -0.05) is 129 Å². The number of rotatable bonds is 28. The second-order valence-electron chi connectivity index (χ2n) is 11.8. The third kappa shape index (κ3) is 32.5. The zero-order valence-corrected chi connectivity index (χ0v) is 32.4. The predicted molar refractivity (Wildman–Crippen MR) is 190 cm³/mol. The molecule has 0 spiro atoms. The second-order valence-corrected chi connectivity index (χ2v) is 11.8. The first kappa shape index (κ1) is 48.2. The maximum Gasteiger partial charge on any atom is 2.00 e. The van der Waals surface area contributed by atoms with E-state index in [4.69, 9.17) is 0 Å². The zero-order chi connectivity index (χ0) is 33.3. The zero-order valence-electron chi connectivity index (χ0n) is 30.2. The number of carbonyl (C=O) groups excluding carboxylic acids is 2. The molecule has 7 heteroatoms. The smallest absolute Gasteiger partial charge is 0.548 e. The van der Waals surface area contributed by atoms with Gasteiger partial charge in [0.2, 0.25) is 0 Å². The third-order valence-corrected chi connectivity index (χ3v) is 7.58. The number of carboxylic acid groups (broad SMARTS) is 2. The SMILES string of the molecule is CCCCCC/C=C/N(/C=C/CCCCCC)C(C)C(=O)[O-].CCCCCC/C=C/N(/C=C/CCCCCC)C(C)C(=O)[O-].[Ca+2]. The second kappa shape index (κ2) is 37.2. The van der Waals surface area contributed by atoms with Crippen molar-refractivity contribution in [3.8, 4) is 0 Å². The van der Waals surface area contributed by atoms with Crippen LogP contribution in [0.1, 0.15) is 170 Å². The van der Waals surface area contributed by atoms with Crippen molar-refractivity contribution in [3.05, 3.63) is 49.1 Å². The Bertz CT molecular complexity index is 674. The maximum absolute atomic E-state index is 11.1. The average Bonchev–Trinajstić information content (AvgIpc) is 3.01. The molecule has 0 aliphatic rings. The normalized spacial score (nSPS) is 12.8. The average molecular weight is 657 g/mol. The monoisotopic (exact) mass is 656 g/mol. The Morgan fingerprint density at radius 1 is 0.467 bits per heavy atom. The van der Waals surface area contributed by atoms with Crippen LogP contribution in [0, 0.1) is 0 Å². The molecule has 0 rings (SSSR count). The van der Waals surface area contributed by atoms with Crippen molar-refractivity contribution in [3.63, 3.8) is 0 Å². The summed E-state index contributed by atoms with van der Waals surface area (Å²) in [7, 11) is 0. The number of hydrogen-bond acceptors (Lipinski definition) is 6. The van der Waals surface area contributed by atoms with E-state index in [1.807, 2.05) is 24.8 Å². The molecule has 2 atom stereocenters. The van der Waals surface area contributed by atoms with E-state index in [9.17, 15) is 19.8 Å². The van der Waals surface area contributed by atoms with E-state index in [0.29, 0.717) is 0 Å². The number of nitrogens with zero attached hydrogens (tertiary/aromatic N) is 2. The van der Waals surface area contributed by atoms with Crippen LogP contribution < -0.4 is 10.2 Å². The van der Waals surface area contributed by atoms with Crippen LogP contribution in [0.2, 0.25) is 0 Å². The number of hydrogen-bond donors (Lipinski definition) is 0. The molecule has 0 fully saturated rings. The van der Waals surface area contributed by atoms with Crippen molar-refractivity contribution >= 4 is 49.7 Å². The number of carbonyl (C=O) groups is 2. The van der Waals surface area contributed by atoms with Gasteiger partial charge in [-0.3, -0.25) is 0 Å². The Balaban J connectivity index is -0.000000767. The van der Waals surface area contributed by atoms with Crippen LogP contribution in [-0.4, -0.2) is 71.6 Å². The van der Waals surface area contributed by atoms with Crippen molar-refractivity contribution < 1.29 is 19.8 Å². The Morgan fingerprint density at radius 3 is 0.867 bits per heavy atom. The molecule has 0 amide bonds. The summed E-state index contributed by atoms with van der Waals surface area (Å²) in [5.41, 5.74) is 0. The summed E-state index contributed by atoms with van der Waals surface area (Å²) >= 11 is 0. The molecule has 0 saturated carbocycles. The molecule has 0 bridgehead atoms. The Labute approximate surface area is 308 Å². The molecule has 0 radical (unpaired) electrons. The van der Waals surface area contributed by atoms with E-state index in [-0.39, 0.29) is 37.7 Å². The van der Waals surface area contributed by atoms with Gasteiger partial charge in [0.05, 0.1) is 24.0 Å². The van der Waals surface area contributed by atoms with Crippen LogP contribution in [0.25, 0.3) is 0 Å². The molecule has 6 nitrogen and oxygen atoms in total. The van der Waals surface area contributed by atoms with E-state index in [1.54, 1.807) is 23.6 Å². The predicted octanol–water partition coefficient (Wildman–Crippen LogP) is 8.41. The van der Waals surface area contributed by atoms with Gasteiger partial charge in [0.25, 0.3) is 0 Å². The van der Waals surface area contributed by atoms with E-state index in [2.05, 4.69) is 52.0 Å². The molecule has 0 heterocycles. The van der Waals surface area contributed by atoms with Gasteiger partial charge in [-0.05, 0) is 65.2 Å². The van der Waals surface area contributed by atoms with Crippen LogP contribution in [0.15, 0.2) is 49.1 Å². The minimum Gasteiger partial charge on any atom is -0.548 e. The molecular formula is C38H68CaN2O4. The van der Waals surface area contributed by atoms with Crippen LogP contribution in [0.4, 0.5) is 0 Å². The summed E-state index contributed by atoms with van der Waals surface area (Å²) in [6.45, 7) is 12.1. The summed E-state index contributed by atoms with van der Waals surface area (Å²) in [6.07, 6.45) is 39.4. The van der Waals surface area contributed by atoms with Crippen LogP contribution in [0.5, 0.6) is 0 Å². The summed E-state index contributed by atoms with van der Waals surface area (Å²) in [6, 6.07) is -1.25. The van der Waals surface area contributed by atoms with E-state index < -0.39 is 24.0 Å². The summed E-state index contributed by atoms with van der Waals surface area (Å²) in [5, 5.41) is 22.1. The fourth-order valence-electron chi connectivity index (χ4n) is 4.40. The van der Waals surface area contributed by atoms with Crippen LogP contribution >= 0.6 is 0 Å². The standard InChI is InChI=1S/2C19H35NO2.Ca/c2*1-4-6-8-10-12-14-16-20(18(3)19(21)22)17-15-13-11-9-7-5-2;/h2*14-18H,4-13H2,1-3H3,(H,21,22);/q;;+2/p-2/b2*16-14+,17-15+;. The molecule has 2 unspecified atom stereocenters. The molecule has 0 aliphatic carbocycles. The van der Waals surface area contributed by atoms with Gasteiger partial charge in [-0.2, -0.15) is 0 Å². The number of aliphatic carboxylic acids is 2. The minimum atomic E-state index is -1.04. The van der Waals surface area contributed by atoms with Gasteiger partial charge in [0, 0.05) is 24.8 Å². The first-order chi connectivity index (χ1) is 21.3. The van der Waals surface area contributed by atoms with E-state index in [0.717, 1.165) is 25.7 Å². The molecule has 0 aromatic carbocycles. The van der Waals surface area contributed by atoms with Gasteiger partial charge >= 0.3 is 37.7 Å². The Kier molecular flexibility index (Phi) is 39.8. The third-order valence-electron chi connectivity index (χ3n) is 7.58. The minimum absolute atomic E-state index is 0. The van der Waals surface area contributed by atoms with Crippen molar-refractivity contribution in [2.24, 2.45) is 0 Å². The molecule has 0 aromatic heterocycles. The van der Waals surface area contributed by atoms with Gasteiger partial charge in [0.15, 0.2) is 0 Å². The largest absolute Gasteiger partial charge is 2.00 e. The molecule has 0 aliphatic heterocycles. The Morgan fingerprint density at radius 2 is 0.689 bits per heavy atom. The fourth-order valence-corrected chi connectivity index (χ4v) is 4.40. The van der Waals surface area contributed by atoms with Gasteiger partial charge < -0.3 is 29.6 Å². The number of allylic oxidation sites excluding steroid dienone is 4. The first-order valence-electron chi connectivity index (χ1n) is 17.9. The van der Waals surface area contributed by atoms with Gasteiger partial charge in [-0.15, -0.1) is 0 Å². The van der Waals surface area contributed by atoms with Crippen LogP contribution in [-0.2, 0) is 9.59 Å². The topological polar surface area (TPSA) is 86.7 Å². The molecule has 0 N–H and O–H groups in total. The molecule has 0 aromatic rings. The summed E-state index contributed by atoms with van der Waals surface area (Å²) in [4.78, 5) is 25.6. The van der Waals surface area contributed by atoms with Crippen molar-refractivity contribution in [1.29, 1.82) is 0 Å². The van der Waals surface area contributed by atoms with Crippen molar-refractivity contribution in [2.75, 3.05) is 0 Å². The van der Waals surface area contributed by atoms with Gasteiger partial charge in [-0.25, -0.2) is 0 Å². The summed E-state index contributed by atoms with van der Waals surface area (Å²) < 4.78 is 0. The molecule has 0 saturated heterocycles. The van der Waals surface area contributed by atoms with Crippen LogP contribution in [0.3, 0.4) is 0 Å². The van der Waals surface area contributed by atoms with Gasteiger partial charge in [0.1, 0.15) is 0 Å². The Hall–Kier alpha value is -1.24. The first-order valence-corrected chi connectivity index (χ1v) is 17.9. The van der Waals surface area contributed by atoms with Crippen molar-refractivity contribution in [1.82, 2.24) is 9.80 Å².